The summed E-state index contributed by atoms with van der Waals surface area (Å²) < 4.78 is 38.0. The molecular formula is C13H14ClF3N4. The predicted molar refractivity (Wildman–Crippen MR) is 74.1 cm³/mol. The van der Waals surface area contributed by atoms with Gasteiger partial charge >= 0.3 is 6.18 Å². The van der Waals surface area contributed by atoms with Gasteiger partial charge < -0.3 is 5.73 Å². The first-order chi connectivity index (χ1) is 9.83. The summed E-state index contributed by atoms with van der Waals surface area (Å²) >= 11 is 6.17. The minimum absolute atomic E-state index is 0.190. The number of nitrogens with two attached hydrogens (primary N) is 1. The third-order valence-corrected chi connectivity index (χ3v) is 3.95. The first kappa shape index (κ1) is 14.6. The fourth-order valence-electron chi connectivity index (χ4n) is 2.89. The van der Waals surface area contributed by atoms with E-state index in [9.17, 15) is 13.2 Å². The van der Waals surface area contributed by atoms with E-state index in [1.165, 1.54) is 4.90 Å². The fraction of sp³-hybridized carbons (Fsp3) is 0.462. The van der Waals surface area contributed by atoms with E-state index in [1.807, 2.05) is 0 Å². The van der Waals surface area contributed by atoms with Crippen molar-refractivity contribution in [2.75, 3.05) is 13.1 Å². The molecule has 0 saturated heterocycles. The molecule has 1 aliphatic heterocycles. The van der Waals surface area contributed by atoms with E-state index < -0.39 is 12.7 Å². The topological polar surface area (TPSA) is 57.9 Å². The summed E-state index contributed by atoms with van der Waals surface area (Å²) in [7, 11) is 0. The van der Waals surface area contributed by atoms with Crippen LogP contribution in [0, 0.1) is 0 Å². The third kappa shape index (κ3) is 3.00. The molecule has 21 heavy (non-hydrogen) atoms. The van der Waals surface area contributed by atoms with Crippen molar-refractivity contribution in [2.45, 2.75) is 25.2 Å². The molecule has 1 atom stereocenters. The summed E-state index contributed by atoms with van der Waals surface area (Å²) in [4.78, 5) is 1.33. The van der Waals surface area contributed by atoms with E-state index in [-0.39, 0.29) is 19.1 Å². The number of aromatic nitrogens is 2. The summed E-state index contributed by atoms with van der Waals surface area (Å²) in [6.45, 7) is -0.580. The Kier molecular flexibility index (Phi) is 3.59. The molecule has 2 heterocycles. The number of hydrogen-bond donors (Lipinski definition) is 2. The van der Waals surface area contributed by atoms with Gasteiger partial charge in [0.25, 0.3) is 0 Å². The van der Waals surface area contributed by atoms with Gasteiger partial charge in [0.15, 0.2) is 0 Å². The maximum Gasteiger partial charge on any atom is 0.401 e. The van der Waals surface area contributed by atoms with E-state index in [2.05, 4.69) is 10.2 Å². The number of nitrogens with one attached hydrogen (secondary N) is 1. The zero-order valence-corrected chi connectivity index (χ0v) is 11.8. The van der Waals surface area contributed by atoms with Gasteiger partial charge in [0.05, 0.1) is 23.3 Å². The van der Waals surface area contributed by atoms with Gasteiger partial charge in [-0.3, -0.25) is 10.00 Å². The van der Waals surface area contributed by atoms with Crippen LogP contribution < -0.4 is 5.73 Å². The lowest BCUT2D eigenvalue weighted by Gasteiger charge is -2.23. The van der Waals surface area contributed by atoms with Crippen molar-refractivity contribution in [2.24, 2.45) is 5.73 Å². The Morgan fingerprint density at radius 1 is 1.48 bits per heavy atom. The molecule has 3 N–H and O–H groups in total. The molecule has 8 heteroatoms. The van der Waals surface area contributed by atoms with Crippen LogP contribution in [0.3, 0.4) is 0 Å². The summed E-state index contributed by atoms with van der Waals surface area (Å²) in [6, 6.07) is 1.42. The maximum absolute atomic E-state index is 12.7. The van der Waals surface area contributed by atoms with Gasteiger partial charge in [-0.05, 0) is 23.6 Å². The van der Waals surface area contributed by atoms with E-state index in [1.54, 1.807) is 12.3 Å². The van der Waals surface area contributed by atoms with Crippen LogP contribution in [0.15, 0.2) is 12.3 Å². The second-order valence-corrected chi connectivity index (χ2v) is 5.81. The summed E-state index contributed by atoms with van der Waals surface area (Å²) in [5.41, 5.74) is 8.32. The molecule has 1 aliphatic rings. The molecule has 3 rings (SSSR count). The smallest absolute Gasteiger partial charge is 0.326 e. The Labute approximate surface area is 124 Å². The normalized spacial score (nSPS) is 20.5. The minimum Gasteiger partial charge on any atom is -0.326 e. The average molecular weight is 319 g/mol. The van der Waals surface area contributed by atoms with Crippen LogP contribution in [0.4, 0.5) is 13.2 Å². The highest BCUT2D eigenvalue weighted by Gasteiger charge is 2.33. The highest BCUT2D eigenvalue weighted by molar-refractivity contribution is 6.35. The number of halogens is 4. The quantitative estimate of drug-likeness (QED) is 0.849. The molecule has 0 bridgehead atoms. The molecule has 1 aromatic carbocycles. The molecule has 0 radical (unpaired) electrons. The second-order valence-electron chi connectivity index (χ2n) is 5.40. The van der Waals surface area contributed by atoms with E-state index in [0.717, 1.165) is 16.5 Å². The molecule has 0 unspecified atom stereocenters. The summed E-state index contributed by atoms with van der Waals surface area (Å²) in [5, 5.41) is 7.99. The number of benzene rings is 1. The van der Waals surface area contributed by atoms with Crippen LogP contribution in [0.5, 0.6) is 0 Å². The van der Waals surface area contributed by atoms with Gasteiger partial charge in [0.1, 0.15) is 0 Å². The monoisotopic (exact) mass is 318 g/mol. The van der Waals surface area contributed by atoms with E-state index in [4.69, 9.17) is 17.3 Å². The molecule has 0 spiro atoms. The highest BCUT2D eigenvalue weighted by atomic mass is 35.5. The molecule has 0 fully saturated rings. The largest absolute Gasteiger partial charge is 0.401 e. The van der Waals surface area contributed by atoms with Crippen molar-refractivity contribution in [1.82, 2.24) is 15.1 Å². The van der Waals surface area contributed by atoms with E-state index >= 15 is 0 Å². The van der Waals surface area contributed by atoms with Gasteiger partial charge in [-0.25, -0.2) is 0 Å². The number of nitrogens with zero attached hydrogens (tertiary/aromatic N) is 2. The maximum atomic E-state index is 12.7. The van der Waals surface area contributed by atoms with Crippen molar-refractivity contribution in [3.8, 4) is 0 Å². The molecule has 1 aromatic heterocycles. The van der Waals surface area contributed by atoms with Crippen LogP contribution in [-0.4, -0.2) is 40.4 Å². The number of H-pyrrole nitrogens is 1. The van der Waals surface area contributed by atoms with Crippen molar-refractivity contribution in [1.29, 1.82) is 0 Å². The van der Waals surface area contributed by atoms with Crippen LogP contribution in [-0.2, 0) is 13.0 Å². The van der Waals surface area contributed by atoms with E-state index in [0.29, 0.717) is 17.0 Å². The van der Waals surface area contributed by atoms with Gasteiger partial charge in [0, 0.05) is 24.5 Å². The molecule has 0 amide bonds. The van der Waals surface area contributed by atoms with Crippen LogP contribution in [0.2, 0.25) is 5.02 Å². The number of alkyl halides is 3. The van der Waals surface area contributed by atoms with Crippen LogP contribution in [0.1, 0.15) is 11.1 Å². The molecule has 0 saturated carbocycles. The summed E-state index contributed by atoms with van der Waals surface area (Å²) in [5.74, 6) is 0. The average Bonchev–Trinajstić information content (AvgIpc) is 2.76. The Bertz CT molecular complexity index is 667. The van der Waals surface area contributed by atoms with Gasteiger partial charge in [0.2, 0.25) is 0 Å². The Morgan fingerprint density at radius 2 is 2.24 bits per heavy atom. The van der Waals surface area contributed by atoms with Crippen LogP contribution in [0.25, 0.3) is 10.9 Å². The first-order valence-electron chi connectivity index (χ1n) is 6.51. The standard InChI is InChI=1S/C13H14ClF3N4/c14-11-2-7-1-8(18)4-21(6-13(15,16)17)5-10(7)9-3-19-20-12(9)11/h2-3,8H,1,4-6,18H2,(H,19,20)/t8-/m1/s1. The number of fused-ring (bicyclic) bond motifs is 3. The molecular weight excluding hydrogens is 305 g/mol. The van der Waals surface area contributed by atoms with Crippen molar-refractivity contribution < 1.29 is 13.2 Å². The number of aromatic amines is 1. The molecule has 114 valence electrons. The second kappa shape index (κ2) is 5.15. The minimum atomic E-state index is -4.24. The third-order valence-electron chi connectivity index (χ3n) is 3.65. The van der Waals surface area contributed by atoms with Crippen LogP contribution >= 0.6 is 11.6 Å². The molecule has 0 aliphatic carbocycles. The van der Waals surface area contributed by atoms with Gasteiger partial charge in [-0.15, -0.1) is 0 Å². The highest BCUT2D eigenvalue weighted by Crippen LogP contribution is 2.32. The first-order valence-corrected chi connectivity index (χ1v) is 6.89. The predicted octanol–water partition coefficient (Wildman–Crippen LogP) is 2.46. The fourth-order valence-corrected chi connectivity index (χ4v) is 3.17. The van der Waals surface area contributed by atoms with Gasteiger partial charge in [-0.2, -0.15) is 18.3 Å². The lowest BCUT2D eigenvalue weighted by atomic mass is 9.99. The zero-order valence-electron chi connectivity index (χ0n) is 11.0. The summed E-state index contributed by atoms with van der Waals surface area (Å²) in [6.07, 6.45) is -2.14. The molecule has 2 aromatic rings. The number of rotatable bonds is 1. The van der Waals surface area contributed by atoms with Gasteiger partial charge in [-0.1, -0.05) is 11.6 Å². The SMILES string of the molecule is N[C@@H]1Cc2cc(Cl)c3[nH]ncc3c2CN(CC(F)(F)F)C1. The lowest BCUT2D eigenvalue weighted by molar-refractivity contribution is -0.147. The molecule has 4 nitrogen and oxygen atoms in total. The number of hydrogen-bond acceptors (Lipinski definition) is 3. The Balaban J connectivity index is 2.04. The zero-order chi connectivity index (χ0) is 15.2. The Morgan fingerprint density at radius 3 is 2.95 bits per heavy atom. The Hall–Kier alpha value is -1.31. The lowest BCUT2D eigenvalue weighted by Crippen LogP contribution is -2.41. The van der Waals surface area contributed by atoms with Crippen molar-refractivity contribution in [3.63, 3.8) is 0 Å². The van der Waals surface area contributed by atoms with Crippen molar-refractivity contribution >= 4 is 22.5 Å². The van der Waals surface area contributed by atoms with Crippen molar-refractivity contribution in [3.05, 3.63) is 28.4 Å².